The summed E-state index contributed by atoms with van der Waals surface area (Å²) in [6, 6.07) is 18.4. The van der Waals surface area contributed by atoms with Crippen LogP contribution in [0.3, 0.4) is 0 Å². The molecule has 3 aromatic rings. The van der Waals surface area contributed by atoms with E-state index in [0.717, 1.165) is 17.3 Å². The first-order valence-corrected chi connectivity index (χ1v) is 11.7. The van der Waals surface area contributed by atoms with Crippen LogP contribution in [0.15, 0.2) is 77.8 Å². The topological polar surface area (TPSA) is 99.1 Å². The molecule has 4 rings (SSSR count). The predicted octanol–water partition coefficient (Wildman–Crippen LogP) is 5.34. The largest absolute Gasteiger partial charge is 0.478 e. The number of nitrogens with zero attached hydrogens (tertiary/aromatic N) is 2. The second kappa shape index (κ2) is 10.7. The van der Waals surface area contributed by atoms with E-state index in [1.54, 1.807) is 30.3 Å². The fraction of sp³-hybridized carbons (Fsp3) is 0.120. The van der Waals surface area contributed by atoms with E-state index < -0.39 is 22.9 Å². The average molecular weight is 512 g/mol. The van der Waals surface area contributed by atoms with Gasteiger partial charge in [0, 0.05) is 17.1 Å². The van der Waals surface area contributed by atoms with Crippen LogP contribution in [0.4, 0.5) is 15.8 Å². The third kappa shape index (κ3) is 6.26. The lowest BCUT2D eigenvalue weighted by molar-refractivity contribution is -0.129. The van der Waals surface area contributed by atoms with Gasteiger partial charge in [0.25, 0.3) is 0 Å². The van der Waals surface area contributed by atoms with Gasteiger partial charge in [-0.2, -0.15) is 0 Å². The second-order valence-electron chi connectivity index (χ2n) is 7.66. The Morgan fingerprint density at radius 2 is 1.83 bits per heavy atom. The summed E-state index contributed by atoms with van der Waals surface area (Å²) in [5.74, 6) is -2.29. The summed E-state index contributed by atoms with van der Waals surface area (Å²) >= 11 is 7.07. The van der Waals surface area contributed by atoms with E-state index in [2.05, 4.69) is 10.3 Å². The molecule has 0 radical (unpaired) electrons. The van der Waals surface area contributed by atoms with Crippen LogP contribution in [-0.4, -0.2) is 38.2 Å². The second-order valence-corrected chi connectivity index (χ2v) is 9.27. The van der Waals surface area contributed by atoms with Crippen LogP contribution in [-0.2, 0) is 16.1 Å². The number of aromatic carboxylic acids is 1. The highest BCUT2D eigenvalue weighted by molar-refractivity contribution is 8.15. The SMILES string of the molecule is O=C(O)c1cccc(NC(=O)C2CC(=O)N(Cc3ccc(Cl)cc3)C(=Nc3ccc(F)cc3)S2)c1. The summed E-state index contributed by atoms with van der Waals surface area (Å²) in [6.45, 7) is 0.220. The average Bonchev–Trinajstić information content (AvgIpc) is 2.84. The molecule has 3 aromatic carbocycles. The standard InChI is InChI=1S/C25H19ClFN3O4S/c26-17-6-4-15(5-7-17)14-30-22(31)13-21(35-25(30)29-19-10-8-18(27)9-11-19)23(32)28-20-3-1-2-16(12-20)24(33)34/h1-12,21H,13-14H2,(H,28,32)(H,33,34). The van der Waals surface area contributed by atoms with E-state index in [1.165, 1.54) is 47.4 Å². The normalized spacial score (nSPS) is 16.9. The number of carbonyl (C=O) groups excluding carboxylic acids is 2. The summed E-state index contributed by atoms with van der Waals surface area (Å²) in [6.07, 6.45) is -0.0782. The number of amidine groups is 1. The third-order valence-corrected chi connectivity index (χ3v) is 6.55. The highest BCUT2D eigenvalue weighted by Gasteiger charge is 2.36. The Kier molecular flexibility index (Phi) is 7.48. The van der Waals surface area contributed by atoms with Gasteiger partial charge in [0.05, 0.1) is 17.8 Å². The number of thioether (sulfide) groups is 1. The number of carbonyl (C=O) groups is 3. The van der Waals surface area contributed by atoms with Gasteiger partial charge in [0.1, 0.15) is 11.1 Å². The first-order valence-electron chi connectivity index (χ1n) is 10.5. The molecule has 0 saturated carbocycles. The van der Waals surface area contributed by atoms with Crippen molar-refractivity contribution in [2.45, 2.75) is 18.2 Å². The van der Waals surface area contributed by atoms with Gasteiger partial charge in [-0.3, -0.25) is 14.5 Å². The predicted molar refractivity (Wildman–Crippen MR) is 134 cm³/mol. The fourth-order valence-corrected chi connectivity index (χ4v) is 4.57. The molecular weight excluding hydrogens is 493 g/mol. The number of nitrogens with one attached hydrogen (secondary N) is 1. The molecule has 10 heteroatoms. The van der Waals surface area contributed by atoms with Gasteiger partial charge >= 0.3 is 5.97 Å². The highest BCUT2D eigenvalue weighted by atomic mass is 35.5. The molecule has 1 unspecified atom stereocenters. The third-order valence-electron chi connectivity index (χ3n) is 5.11. The maximum Gasteiger partial charge on any atom is 0.335 e. The quantitative estimate of drug-likeness (QED) is 0.465. The number of benzene rings is 3. The minimum Gasteiger partial charge on any atom is -0.478 e. The van der Waals surface area contributed by atoms with Crippen LogP contribution in [0.25, 0.3) is 0 Å². The summed E-state index contributed by atoms with van der Waals surface area (Å²) < 4.78 is 13.4. The maximum absolute atomic E-state index is 13.4. The van der Waals surface area contributed by atoms with Crippen LogP contribution < -0.4 is 5.32 Å². The lowest BCUT2D eigenvalue weighted by atomic mass is 10.1. The summed E-state index contributed by atoms with van der Waals surface area (Å²) in [7, 11) is 0. The molecule has 35 heavy (non-hydrogen) atoms. The van der Waals surface area contributed by atoms with Crippen molar-refractivity contribution in [3.8, 4) is 0 Å². The molecule has 178 valence electrons. The maximum atomic E-state index is 13.4. The van der Waals surface area contributed by atoms with Gasteiger partial charge in [-0.1, -0.05) is 41.6 Å². The monoisotopic (exact) mass is 511 g/mol. The first kappa shape index (κ1) is 24.4. The highest BCUT2D eigenvalue weighted by Crippen LogP contribution is 2.31. The van der Waals surface area contributed by atoms with E-state index in [0.29, 0.717) is 21.6 Å². The first-order chi connectivity index (χ1) is 16.8. The Labute approximate surface area is 209 Å². The van der Waals surface area contributed by atoms with Crippen molar-refractivity contribution in [3.05, 3.63) is 94.8 Å². The number of rotatable bonds is 6. The molecule has 1 saturated heterocycles. The molecule has 0 bridgehead atoms. The van der Waals surface area contributed by atoms with Crippen molar-refractivity contribution in [2.24, 2.45) is 4.99 Å². The van der Waals surface area contributed by atoms with E-state index in [9.17, 15) is 23.9 Å². The number of anilines is 1. The van der Waals surface area contributed by atoms with Crippen LogP contribution in [0.1, 0.15) is 22.3 Å². The molecule has 0 aliphatic carbocycles. The van der Waals surface area contributed by atoms with E-state index >= 15 is 0 Å². The van der Waals surface area contributed by atoms with E-state index in [1.807, 2.05) is 0 Å². The zero-order chi connectivity index (χ0) is 24.9. The van der Waals surface area contributed by atoms with Crippen molar-refractivity contribution in [1.29, 1.82) is 0 Å². The molecule has 1 heterocycles. The van der Waals surface area contributed by atoms with Gasteiger partial charge in [-0.25, -0.2) is 14.2 Å². The van der Waals surface area contributed by atoms with Crippen molar-refractivity contribution in [3.63, 3.8) is 0 Å². The molecule has 0 aromatic heterocycles. The molecule has 1 atom stereocenters. The summed E-state index contributed by atoms with van der Waals surface area (Å²) in [4.78, 5) is 43.3. The van der Waals surface area contributed by atoms with Crippen LogP contribution in [0.2, 0.25) is 5.02 Å². The lowest BCUT2D eigenvalue weighted by Gasteiger charge is -2.32. The fourth-order valence-electron chi connectivity index (χ4n) is 3.35. The minimum absolute atomic E-state index is 0.0304. The Morgan fingerprint density at radius 3 is 2.51 bits per heavy atom. The summed E-state index contributed by atoms with van der Waals surface area (Å²) in [5, 5.41) is 11.9. The van der Waals surface area contributed by atoms with Gasteiger partial charge < -0.3 is 10.4 Å². The molecule has 2 amide bonds. The number of hydrogen-bond donors (Lipinski definition) is 2. The Morgan fingerprint density at radius 1 is 1.11 bits per heavy atom. The lowest BCUT2D eigenvalue weighted by Crippen LogP contribution is -2.44. The van der Waals surface area contributed by atoms with Crippen molar-refractivity contribution in [2.75, 3.05) is 5.32 Å². The summed E-state index contributed by atoms with van der Waals surface area (Å²) in [5.41, 5.74) is 1.59. The molecule has 1 aliphatic heterocycles. The van der Waals surface area contributed by atoms with E-state index in [4.69, 9.17) is 11.6 Å². The zero-order valence-corrected chi connectivity index (χ0v) is 19.7. The van der Waals surface area contributed by atoms with Gasteiger partial charge in [0.2, 0.25) is 11.8 Å². The Balaban J connectivity index is 1.59. The number of halogens is 2. The van der Waals surface area contributed by atoms with Crippen molar-refractivity contribution >= 4 is 57.7 Å². The Bertz CT molecular complexity index is 1300. The molecule has 2 N–H and O–H groups in total. The smallest absolute Gasteiger partial charge is 0.335 e. The van der Waals surface area contributed by atoms with Crippen LogP contribution in [0.5, 0.6) is 0 Å². The number of hydrogen-bond acceptors (Lipinski definition) is 5. The number of carboxylic acids is 1. The minimum atomic E-state index is -1.12. The molecule has 1 fully saturated rings. The van der Waals surface area contributed by atoms with Gasteiger partial charge in [-0.05, 0) is 60.2 Å². The van der Waals surface area contributed by atoms with Crippen LogP contribution >= 0.6 is 23.4 Å². The van der Waals surface area contributed by atoms with Crippen molar-refractivity contribution < 1.29 is 23.9 Å². The number of amides is 2. The molecule has 0 spiro atoms. The van der Waals surface area contributed by atoms with Gasteiger partial charge in [-0.15, -0.1) is 0 Å². The Hall–Kier alpha value is -3.69. The van der Waals surface area contributed by atoms with Crippen LogP contribution in [0, 0.1) is 5.82 Å². The van der Waals surface area contributed by atoms with E-state index in [-0.39, 0.29) is 24.4 Å². The molecule has 1 aliphatic rings. The number of carboxylic acid groups (broad SMARTS) is 1. The van der Waals surface area contributed by atoms with Gasteiger partial charge in [0.15, 0.2) is 5.17 Å². The number of aliphatic imine (C=N–C) groups is 1. The van der Waals surface area contributed by atoms with Crippen molar-refractivity contribution in [1.82, 2.24) is 4.90 Å². The zero-order valence-electron chi connectivity index (χ0n) is 18.2. The molecule has 7 nitrogen and oxygen atoms in total. The molecular formula is C25H19ClFN3O4S.